The topological polar surface area (TPSA) is 73.6 Å². The number of benzene rings is 1. The van der Waals surface area contributed by atoms with Gasteiger partial charge in [0.15, 0.2) is 0 Å². The molecule has 0 aromatic heterocycles. The van der Waals surface area contributed by atoms with E-state index in [1.807, 2.05) is 18.2 Å². The number of carbonyl (C=O) groups excluding carboxylic acids is 1. The standard InChI is InChI=1S/C14H20N2O3/c1-14(2,13(15)17)16-11-6-7-19-12-5-4-9(18-3)8-10(11)12/h4-5,8,11,16H,6-7H2,1-3H3,(H2,15,17). The summed E-state index contributed by atoms with van der Waals surface area (Å²) in [5.41, 5.74) is 5.64. The van der Waals surface area contributed by atoms with Gasteiger partial charge >= 0.3 is 0 Å². The van der Waals surface area contributed by atoms with Gasteiger partial charge in [0, 0.05) is 18.0 Å². The lowest BCUT2D eigenvalue weighted by atomic mass is 9.95. The van der Waals surface area contributed by atoms with Gasteiger partial charge in [-0.2, -0.15) is 0 Å². The van der Waals surface area contributed by atoms with E-state index in [9.17, 15) is 4.79 Å². The Morgan fingerprint density at radius 3 is 2.89 bits per heavy atom. The average Bonchev–Trinajstić information content (AvgIpc) is 2.38. The molecule has 5 heteroatoms. The first kappa shape index (κ1) is 13.7. The van der Waals surface area contributed by atoms with Crippen LogP contribution < -0.4 is 20.5 Å². The third-order valence-corrected chi connectivity index (χ3v) is 3.41. The number of methoxy groups -OCH3 is 1. The molecule has 0 spiro atoms. The van der Waals surface area contributed by atoms with E-state index < -0.39 is 5.54 Å². The summed E-state index contributed by atoms with van der Waals surface area (Å²) >= 11 is 0. The van der Waals surface area contributed by atoms with Gasteiger partial charge in [0.05, 0.1) is 19.3 Å². The molecule has 0 saturated carbocycles. The maximum atomic E-state index is 11.4. The summed E-state index contributed by atoms with van der Waals surface area (Å²) in [4.78, 5) is 11.4. The second-order valence-corrected chi connectivity index (χ2v) is 5.23. The molecule has 1 aliphatic rings. The maximum Gasteiger partial charge on any atom is 0.237 e. The smallest absolute Gasteiger partial charge is 0.237 e. The molecule has 2 rings (SSSR count). The van der Waals surface area contributed by atoms with Gasteiger partial charge in [-0.15, -0.1) is 0 Å². The van der Waals surface area contributed by atoms with Crippen molar-refractivity contribution < 1.29 is 14.3 Å². The normalized spacial score (nSPS) is 18.4. The van der Waals surface area contributed by atoms with Crippen molar-refractivity contribution in [3.63, 3.8) is 0 Å². The molecule has 1 aromatic carbocycles. The zero-order valence-corrected chi connectivity index (χ0v) is 11.5. The van der Waals surface area contributed by atoms with Crippen LogP contribution in [-0.2, 0) is 4.79 Å². The fourth-order valence-corrected chi connectivity index (χ4v) is 2.16. The Bertz CT molecular complexity index is 486. The largest absolute Gasteiger partial charge is 0.497 e. The van der Waals surface area contributed by atoms with Gasteiger partial charge in [0.1, 0.15) is 11.5 Å². The van der Waals surface area contributed by atoms with Crippen molar-refractivity contribution in [2.75, 3.05) is 13.7 Å². The zero-order valence-electron chi connectivity index (χ0n) is 11.5. The Balaban J connectivity index is 2.28. The summed E-state index contributed by atoms with van der Waals surface area (Å²) in [7, 11) is 1.63. The lowest BCUT2D eigenvalue weighted by molar-refractivity contribution is -0.123. The van der Waals surface area contributed by atoms with Crippen LogP contribution in [0.25, 0.3) is 0 Å². The fourth-order valence-electron chi connectivity index (χ4n) is 2.16. The average molecular weight is 264 g/mol. The van der Waals surface area contributed by atoms with Crippen LogP contribution in [0.1, 0.15) is 31.9 Å². The highest BCUT2D eigenvalue weighted by molar-refractivity contribution is 5.83. The van der Waals surface area contributed by atoms with Crippen LogP contribution in [0.5, 0.6) is 11.5 Å². The molecule has 1 amide bonds. The number of carbonyl (C=O) groups is 1. The van der Waals surface area contributed by atoms with Crippen molar-refractivity contribution in [2.24, 2.45) is 5.73 Å². The lowest BCUT2D eigenvalue weighted by Crippen LogP contribution is -2.52. The summed E-state index contributed by atoms with van der Waals surface area (Å²) in [6.07, 6.45) is 0.789. The lowest BCUT2D eigenvalue weighted by Gasteiger charge is -2.33. The monoisotopic (exact) mass is 264 g/mol. The van der Waals surface area contributed by atoms with Crippen LogP contribution >= 0.6 is 0 Å². The predicted molar refractivity (Wildman–Crippen MR) is 72.3 cm³/mol. The van der Waals surface area contributed by atoms with E-state index in [0.29, 0.717) is 6.61 Å². The Morgan fingerprint density at radius 2 is 2.26 bits per heavy atom. The van der Waals surface area contributed by atoms with Crippen LogP contribution in [-0.4, -0.2) is 25.2 Å². The number of primary amides is 1. The summed E-state index contributed by atoms with van der Waals surface area (Å²) < 4.78 is 10.8. The number of nitrogens with one attached hydrogen (secondary N) is 1. The van der Waals surface area contributed by atoms with Crippen molar-refractivity contribution >= 4 is 5.91 Å². The minimum Gasteiger partial charge on any atom is -0.497 e. The summed E-state index contributed by atoms with van der Waals surface area (Å²) in [6, 6.07) is 5.71. The van der Waals surface area contributed by atoms with Crippen LogP contribution in [0.4, 0.5) is 0 Å². The van der Waals surface area contributed by atoms with Crippen molar-refractivity contribution in [2.45, 2.75) is 31.8 Å². The predicted octanol–water partition coefficient (Wildman–Crippen LogP) is 1.37. The Hall–Kier alpha value is -1.75. The van der Waals surface area contributed by atoms with Gasteiger partial charge in [0.2, 0.25) is 5.91 Å². The molecule has 19 heavy (non-hydrogen) atoms. The van der Waals surface area contributed by atoms with Crippen molar-refractivity contribution in [1.82, 2.24) is 5.32 Å². The molecule has 0 bridgehead atoms. The van der Waals surface area contributed by atoms with E-state index in [1.54, 1.807) is 21.0 Å². The molecule has 0 aliphatic carbocycles. The number of hydrogen-bond acceptors (Lipinski definition) is 4. The molecule has 1 atom stereocenters. The third kappa shape index (κ3) is 2.81. The highest BCUT2D eigenvalue weighted by Crippen LogP contribution is 2.35. The van der Waals surface area contributed by atoms with E-state index in [4.69, 9.17) is 15.2 Å². The second-order valence-electron chi connectivity index (χ2n) is 5.23. The summed E-state index contributed by atoms with van der Waals surface area (Å²) in [5, 5.41) is 3.29. The maximum absolute atomic E-state index is 11.4. The van der Waals surface area contributed by atoms with Gasteiger partial charge in [-0.3, -0.25) is 10.1 Å². The zero-order chi connectivity index (χ0) is 14.0. The number of fused-ring (bicyclic) bond motifs is 1. The van der Waals surface area contributed by atoms with E-state index >= 15 is 0 Å². The van der Waals surface area contributed by atoms with Crippen LogP contribution in [0.15, 0.2) is 18.2 Å². The molecule has 3 N–H and O–H groups in total. The van der Waals surface area contributed by atoms with E-state index in [1.165, 1.54) is 0 Å². The fraction of sp³-hybridized carbons (Fsp3) is 0.500. The van der Waals surface area contributed by atoms with Crippen molar-refractivity contribution in [3.05, 3.63) is 23.8 Å². The molecule has 1 heterocycles. The number of nitrogens with two attached hydrogens (primary N) is 1. The van der Waals surface area contributed by atoms with Gasteiger partial charge < -0.3 is 15.2 Å². The van der Waals surface area contributed by atoms with Gasteiger partial charge in [-0.1, -0.05) is 0 Å². The Morgan fingerprint density at radius 1 is 1.53 bits per heavy atom. The second kappa shape index (κ2) is 5.09. The number of hydrogen-bond donors (Lipinski definition) is 2. The highest BCUT2D eigenvalue weighted by atomic mass is 16.5. The van der Waals surface area contributed by atoms with E-state index in [2.05, 4.69) is 5.32 Å². The number of ether oxygens (including phenoxy) is 2. The Kier molecular flexibility index (Phi) is 3.66. The number of rotatable bonds is 4. The molecule has 104 valence electrons. The first-order valence-corrected chi connectivity index (χ1v) is 6.32. The first-order valence-electron chi connectivity index (χ1n) is 6.32. The van der Waals surface area contributed by atoms with Gasteiger partial charge in [-0.25, -0.2) is 0 Å². The molecule has 0 radical (unpaired) electrons. The van der Waals surface area contributed by atoms with Gasteiger partial charge in [-0.05, 0) is 32.0 Å². The van der Waals surface area contributed by atoms with Crippen LogP contribution in [0, 0.1) is 0 Å². The highest BCUT2D eigenvalue weighted by Gasteiger charge is 2.31. The molecule has 0 fully saturated rings. The van der Waals surface area contributed by atoms with Gasteiger partial charge in [0.25, 0.3) is 0 Å². The first-order chi connectivity index (χ1) is 8.94. The number of amides is 1. The Labute approximate surface area is 113 Å². The minimum atomic E-state index is -0.762. The van der Waals surface area contributed by atoms with E-state index in [0.717, 1.165) is 23.5 Å². The molecule has 1 unspecified atom stereocenters. The molecule has 0 saturated heterocycles. The molecule has 5 nitrogen and oxygen atoms in total. The van der Waals surface area contributed by atoms with E-state index in [-0.39, 0.29) is 11.9 Å². The molecular formula is C14H20N2O3. The molecule has 1 aromatic rings. The SMILES string of the molecule is COc1ccc2c(c1)C(NC(C)(C)C(N)=O)CCO2. The summed E-state index contributed by atoms with van der Waals surface area (Å²) in [5.74, 6) is 1.22. The van der Waals surface area contributed by atoms with Crippen LogP contribution in [0.3, 0.4) is 0 Å². The quantitative estimate of drug-likeness (QED) is 0.861. The third-order valence-electron chi connectivity index (χ3n) is 3.41. The molecular weight excluding hydrogens is 244 g/mol. The summed E-state index contributed by atoms with van der Waals surface area (Å²) in [6.45, 7) is 4.18. The van der Waals surface area contributed by atoms with Crippen molar-refractivity contribution in [3.8, 4) is 11.5 Å². The minimum absolute atomic E-state index is 0.0290. The van der Waals surface area contributed by atoms with Crippen molar-refractivity contribution in [1.29, 1.82) is 0 Å². The van der Waals surface area contributed by atoms with Crippen LogP contribution in [0.2, 0.25) is 0 Å². The molecule has 1 aliphatic heterocycles.